The van der Waals surface area contributed by atoms with Crippen LogP contribution in [0.25, 0.3) is 0 Å². The molecule has 0 radical (unpaired) electrons. The van der Waals surface area contributed by atoms with E-state index in [2.05, 4.69) is 9.71 Å². The maximum Gasteiger partial charge on any atom is 0.286 e. The molecule has 1 saturated carbocycles. The molecule has 1 amide bonds. The molecule has 0 saturated heterocycles. The van der Waals surface area contributed by atoms with Crippen molar-refractivity contribution >= 4 is 38.8 Å². The lowest BCUT2D eigenvalue weighted by molar-refractivity contribution is -0.117. The van der Waals surface area contributed by atoms with E-state index in [1.165, 1.54) is 6.07 Å². The normalized spacial score (nSPS) is 18.0. The number of amidine groups is 1. The Bertz CT molecular complexity index is 1030. The molecular formula is C20H21N3O3S. The number of carbonyl (C=O) groups excluding carboxylic acids is 1. The van der Waals surface area contributed by atoms with Crippen molar-refractivity contribution in [2.45, 2.75) is 31.6 Å². The lowest BCUT2D eigenvalue weighted by atomic mass is 10.1. The van der Waals surface area contributed by atoms with E-state index in [1.54, 1.807) is 12.1 Å². The van der Waals surface area contributed by atoms with Crippen LogP contribution in [0.1, 0.15) is 26.7 Å². The van der Waals surface area contributed by atoms with Crippen LogP contribution in [0.4, 0.5) is 17.1 Å². The fraction of sp³-hybridized carbons (Fsp3) is 0.300. The first kappa shape index (κ1) is 17.7. The number of nitrogens with zero attached hydrogens (tertiary/aromatic N) is 2. The van der Waals surface area contributed by atoms with Gasteiger partial charge in [-0.1, -0.05) is 32.0 Å². The SMILES string of the molecule is CC(C)C1=NS(=O)(=O)c2cc(NC(=O)C3CC3)ccc2N1c1ccccc1. The third-order valence-electron chi connectivity index (χ3n) is 4.67. The molecule has 2 aliphatic rings. The van der Waals surface area contributed by atoms with Crippen molar-refractivity contribution < 1.29 is 13.2 Å². The number of hydrogen-bond acceptors (Lipinski definition) is 4. The maximum atomic E-state index is 12.8. The standard InChI is InChI=1S/C20H21N3O3S/c1-13(2)19-22-27(25,26)18-12-15(21-20(24)14-8-9-14)10-11-17(18)23(19)16-6-4-3-5-7-16/h3-7,10-14H,8-9H2,1-2H3,(H,21,24). The van der Waals surface area contributed by atoms with Crippen LogP contribution >= 0.6 is 0 Å². The summed E-state index contributed by atoms with van der Waals surface area (Å²) < 4.78 is 29.7. The van der Waals surface area contributed by atoms with Gasteiger partial charge in [-0.05, 0) is 43.2 Å². The van der Waals surface area contributed by atoms with Crippen LogP contribution in [0, 0.1) is 11.8 Å². The molecule has 0 unspecified atom stereocenters. The quantitative estimate of drug-likeness (QED) is 0.868. The fourth-order valence-corrected chi connectivity index (χ4v) is 4.46. The second kappa shape index (κ2) is 6.49. The van der Waals surface area contributed by atoms with Crippen molar-refractivity contribution in [3.8, 4) is 0 Å². The van der Waals surface area contributed by atoms with Gasteiger partial charge in [-0.3, -0.25) is 9.69 Å². The number of fused-ring (bicyclic) bond motifs is 1. The summed E-state index contributed by atoms with van der Waals surface area (Å²) in [6.07, 6.45) is 1.78. The number of sulfonamides is 1. The summed E-state index contributed by atoms with van der Waals surface area (Å²) >= 11 is 0. The first-order valence-corrected chi connectivity index (χ1v) is 10.5. The highest BCUT2D eigenvalue weighted by Gasteiger charge is 2.34. The molecule has 0 aromatic heterocycles. The zero-order chi connectivity index (χ0) is 19.2. The second-order valence-corrected chi connectivity index (χ2v) is 8.77. The highest BCUT2D eigenvalue weighted by Crippen LogP contribution is 2.40. The molecule has 2 aromatic rings. The van der Waals surface area contributed by atoms with Crippen molar-refractivity contribution in [1.29, 1.82) is 0 Å². The minimum atomic E-state index is -3.85. The molecule has 1 fully saturated rings. The summed E-state index contributed by atoms with van der Waals surface area (Å²) in [6, 6.07) is 14.5. The highest BCUT2D eigenvalue weighted by atomic mass is 32.2. The fourth-order valence-electron chi connectivity index (χ4n) is 3.12. The van der Waals surface area contributed by atoms with E-state index >= 15 is 0 Å². The van der Waals surface area contributed by atoms with Crippen LogP contribution in [0.2, 0.25) is 0 Å². The van der Waals surface area contributed by atoms with Gasteiger partial charge in [0.1, 0.15) is 10.7 Å². The zero-order valence-electron chi connectivity index (χ0n) is 15.2. The monoisotopic (exact) mass is 383 g/mol. The van der Waals surface area contributed by atoms with Crippen molar-refractivity contribution in [2.24, 2.45) is 16.2 Å². The van der Waals surface area contributed by atoms with Gasteiger partial charge in [-0.2, -0.15) is 8.42 Å². The van der Waals surface area contributed by atoms with E-state index in [9.17, 15) is 13.2 Å². The molecule has 1 N–H and O–H groups in total. The summed E-state index contributed by atoms with van der Waals surface area (Å²) in [6.45, 7) is 3.83. The van der Waals surface area contributed by atoms with E-state index in [4.69, 9.17) is 0 Å². The molecule has 1 heterocycles. The lowest BCUT2D eigenvalue weighted by Gasteiger charge is -2.33. The molecule has 1 aliphatic carbocycles. The van der Waals surface area contributed by atoms with Gasteiger partial charge in [0.15, 0.2) is 0 Å². The smallest absolute Gasteiger partial charge is 0.286 e. The summed E-state index contributed by atoms with van der Waals surface area (Å²) in [5.41, 5.74) is 1.87. The van der Waals surface area contributed by atoms with Gasteiger partial charge in [0.2, 0.25) is 5.91 Å². The summed E-state index contributed by atoms with van der Waals surface area (Å²) in [5, 5.41) is 2.81. The van der Waals surface area contributed by atoms with Gasteiger partial charge in [0.05, 0.1) is 5.69 Å². The molecule has 140 valence electrons. The number of benzene rings is 2. The second-order valence-electron chi connectivity index (χ2n) is 7.20. The Kier molecular flexibility index (Phi) is 4.26. The number of hydrogen-bond donors (Lipinski definition) is 1. The Morgan fingerprint density at radius 1 is 1.15 bits per heavy atom. The van der Waals surface area contributed by atoms with Gasteiger partial charge >= 0.3 is 0 Å². The number of rotatable bonds is 4. The van der Waals surface area contributed by atoms with Crippen LogP contribution in [-0.2, 0) is 14.8 Å². The van der Waals surface area contributed by atoms with Crippen LogP contribution in [-0.4, -0.2) is 20.2 Å². The van der Waals surface area contributed by atoms with Crippen molar-refractivity contribution in [3.05, 3.63) is 48.5 Å². The third-order valence-corrected chi connectivity index (χ3v) is 5.98. The molecule has 0 bridgehead atoms. The lowest BCUT2D eigenvalue weighted by Crippen LogP contribution is -2.35. The minimum absolute atomic E-state index is 0.0454. The number of amides is 1. The predicted octanol–water partition coefficient (Wildman–Crippen LogP) is 3.93. The van der Waals surface area contributed by atoms with Crippen LogP contribution in [0.3, 0.4) is 0 Å². The number of anilines is 3. The molecule has 1 aliphatic heterocycles. The van der Waals surface area contributed by atoms with Gasteiger partial charge in [0.25, 0.3) is 10.0 Å². The summed E-state index contributed by atoms with van der Waals surface area (Å²) in [5.74, 6) is 0.379. The summed E-state index contributed by atoms with van der Waals surface area (Å²) in [4.78, 5) is 14.0. The Hall–Kier alpha value is -2.67. The Morgan fingerprint density at radius 3 is 2.48 bits per heavy atom. The van der Waals surface area contributed by atoms with Crippen molar-refractivity contribution in [2.75, 3.05) is 10.2 Å². The van der Waals surface area contributed by atoms with Gasteiger partial charge < -0.3 is 5.32 Å². The number of nitrogens with one attached hydrogen (secondary N) is 1. The van der Waals surface area contributed by atoms with Crippen LogP contribution in [0.5, 0.6) is 0 Å². The molecular weight excluding hydrogens is 362 g/mol. The topological polar surface area (TPSA) is 78.8 Å². The first-order chi connectivity index (χ1) is 12.9. The van der Waals surface area contributed by atoms with Gasteiger partial charge in [-0.15, -0.1) is 4.40 Å². The largest absolute Gasteiger partial charge is 0.326 e. The van der Waals surface area contributed by atoms with Crippen molar-refractivity contribution in [3.63, 3.8) is 0 Å². The zero-order valence-corrected chi connectivity index (χ0v) is 16.0. The molecule has 6 nitrogen and oxygen atoms in total. The number of carbonyl (C=O) groups is 1. The first-order valence-electron chi connectivity index (χ1n) is 9.02. The Balaban J connectivity index is 1.82. The molecule has 27 heavy (non-hydrogen) atoms. The maximum absolute atomic E-state index is 12.8. The third kappa shape index (κ3) is 3.35. The van der Waals surface area contributed by atoms with Crippen molar-refractivity contribution in [1.82, 2.24) is 0 Å². The minimum Gasteiger partial charge on any atom is -0.326 e. The van der Waals surface area contributed by atoms with E-state index in [0.29, 0.717) is 17.2 Å². The van der Waals surface area contributed by atoms with E-state index in [1.807, 2.05) is 49.1 Å². The van der Waals surface area contributed by atoms with E-state index in [-0.39, 0.29) is 22.6 Å². The molecule has 2 aromatic carbocycles. The van der Waals surface area contributed by atoms with Gasteiger partial charge in [-0.25, -0.2) is 0 Å². The predicted molar refractivity (Wildman–Crippen MR) is 106 cm³/mol. The van der Waals surface area contributed by atoms with E-state index in [0.717, 1.165) is 18.5 Å². The van der Waals surface area contributed by atoms with Gasteiger partial charge in [0, 0.05) is 23.2 Å². The highest BCUT2D eigenvalue weighted by molar-refractivity contribution is 7.90. The van der Waals surface area contributed by atoms with E-state index < -0.39 is 10.0 Å². The van der Waals surface area contributed by atoms with Crippen LogP contribution in [0.15, 0.2) is 57.8 Å². The molecule has 4 rings (SSSR count). The Morgan fingerprint density at radius 2 is 1.85 bits per heavy atom. The molecule has 7 heteroatoms. The number of para-hydroxylation sites is 1. The molecule has 0 atom stereocenters. The van der Waals surface area contributed by atoms with Crippen LogP contribution < -0.4 is 10.2 Å². The summed E-state index contributed by atoms with van der Waals surface area (Å²) in [7, 11) is -3.85. The molecule has 0 spiro atoms. The average molecular weight is 383 g/mol. The average Bonchev–Trinajstić information content (AvgIpc) is 3.47. The Labute approximate surface area is 159 Å².